The lowest BCUT2D eigenvalue weighted by atomic mass is 9.40. The molecule has 154 valence electrons. The molecule has 2 bridgehead atoms. The molecule has 8 nitrogen and oxygen atoms in total. The molecule has 1 amide bonds. The van der Waals surface area contributed by atoms with Crippen LogP contribution in [0.4, 0.5) is 5.69 Å². The molecule has 0 atom stereocenters. The predicted octanol–water partition coefficient (Wildman–Crippen LogP) is 3.26. The maximum absolute atomic E-state index is 13.0. The van der Waals surface area contributed by atoms with E-state index in [-0.39, 0.29) is 22.9 Å². The number of aromatic nitrogens is 3. The summed E-state index contributed by atoms with van der Waals surface area (Å²) in [7, 11) is 0. The monoisotopic (exact) mass is 411 g/mol. The van der Waals surface area contributed by atoms with Crippen LogP contribution in [0.15, 0.2) is 36.7 Å². The first-order valence-electron chi connectivity index (χ1n) is 10.2. The van der Waals surface area contributed by atoms with Crippen LogP contribution in [-0.4, -0.2) is 32.1 Å². The van der Waals surface area contributed by atoms with Crippen LogP contribution in [0, 0.1) is 28.1 Å². The molecule has 3 aliphatic carbocycles. The van der Waals surface area contributed by atoms with E-state index in [4.69, 9.17) is 5.26 Å². The number of anilines is 1. The Balaban J connectivity index is 1.47. The lowest BCUT2D eigenvalue weighted by molar-refractivity contribution is -0.102. The van der Waals surface area contributed by atoms with E-state index in [1.807, 2.05) is 32.0 Å². The van der Waals surface area contributed by atoms with Gasteiger partial charge in [-0.1, -0.05) is 0 Å². The molecule has 8 heteroatoms. The van der Waals surface area contributed by atoms with Crippen molar-refractivity contribution in [2.45, 2.75) is 44.7 Å². The maximum atomic E-state index is 13.0. The first kappa shape index (κ1) is 19.1. The van der Waals surface area contributed by atoms with Crippen molar-refractivity contribution < 1.29 is 4.79 Å². The highest BCUT2D eigenvalue weighted by molar-refractivity contribution is 6.00. The zero-order valence-corrected chi connectivity index (χ0v) is 17.3. The van der Waals surface area contributed by atoms with E-state index in [2.05, 4.69) is 32.9 Å². The van der Waals surface area contributed by atoms with E-state index >= 15 is 0 Å². The number of fused-ring (bicyclic) bond motifs is 1. The Morgan fingerprint density at radius 1 is 1.19 bits per heavy atom. The molecule has 6 rings (SSSR count). The van der Waals surface area contributed by atoms with E-state index in [1.165, 1.54) is 6.20 Å². The van der Waals surface area contributed by atoms with E-state index in [9.17, 15) is 10.1 Å². The summed E-state index contributed by atoms with van der Waals surface area (Å²) in [5.74, 6) is -0.176. The Hall–Kier alpha value is -3.91. The number of nitrogens with zero attached hydrogens (tertiary/aromatic N) is 5. The fraction of sp³-hybridized carbons (Fsp3) is 0.348. The van der Waals surface area contributed by atoms with Crippen molar-refractivity contribution in [1.82, 2.24) is 19.9 Å². The first-order valence-corrected chi connectivity index (χ1v) is 10.2. The molecule has 3 aromatic rings. The Bertz CT molecular complexity index is 1290. The van der Waals surface area contributed by atoms with E-state index < -0.39 is 0 Å². The van der Waals surface area contributed by atoms with Gasteiger partial charge in [-0.25, -0.2) is 4.52 Å². The van der Waals surface area contributed by atoms with Crippen LogP contribution in [0.3, 0.4) is 0 Å². The van der Waals surface area contributed by atoms with Crippen LogP contribution in [0.2, 0.25) is 0 Å². The van der Waals surface area contributed by atoms with E-state index in [0.717, 1.165) is 30.5 Å². The third-order valence-corrected chi connectivity index (χ3v) is 6.13. The van der Waals surface area contributed by atoms with Gasteiger partial charge < -0.3 is 10.6 Å². The highest BCUT2D eigenvalue weighted by Crippen LogP contribution is 2.66. The molecule has 3 aromatic heterocycles. The summed E-state index contributed by atoms with van der Waals surface area (Å²) in [5, 5.41) is 29.1. The SMILES string of the molecule is CC(C)Nc1cc(-c2ccc3cc(C#N)cnn23)ncc1C(=O)NC12CC(C#N)(C1)C2. The summed E-state index contributed by atoms with van der Waals surface area (Å²) in [6.07, 6.45) is 5.29. The standard InChI is InChI=1S/C23H21N7O/c1-14(2)28-18-6-19(20-4-3-16-5-15(7-24)8-27-30(16)20)26-9-17(18)21(31)29-23-10-22(11-23,12-23)13-25/h3-6,8-9,14H,10-12H2,1-2H3,(H,26,28)(H,29,31). The van der Waals surface area contributed by atoms with Crippen LogP contribution < -0.4 is 10.6 Å². The molecule has 0 radical (unpaired) electrons. The van der Waals surface area contributed by atoms with Gasteiger partial charge in [-0.3, -0.25) is 9.78 Å². The molecule has 0 saturated heterocycles. The van der Waals surface area contributed by atoms with Gasteiger partial charge in [-0.05, 0) is 57.4 Å². The van der Waals surface area contributed by atoms with Crippen molar-refractivity contribution in [2.24, 2.45) is 5.41 Å². The van der Waals surface area contributed by atoms with Crippen LogP contribution >= 0.6 is 0 Å². The van der Waals surface area contributed by atoms with Gasteiger partial charge in [0.05, 0.1) is 51.4 Å². The van der Waals surface area contributed by atoms with Crippen molar-refractivity contribution in [3.8, 4) is 23.5 Å². The molecule has 0 spiro atoms. The number of pyridine rings is 1. The third-order valence-electron chi connectivity index (χ3n) is 6.13. The van der Waals surface area contributed by atoms with Gasteiger partial charge in [-0.2, -0.15) is 15.6 Å². The van der Waals surface area contributed by atoms with Gasteiger partial charge >= 0.3 is 0 Å². The topological polar surface area (TPSA) is 119 Å². The minimum atomic E-state index is -0.235. The maximum Gasteiger partial charge on any atom is 0.255 e. The summed E-state index contributed by atoms with van der Waals surface area (Å²) in [5.41, 5.74) is 3.46. The lowest BCUT2D eigenvalue weighted by Crippen LogP contribution is -2.74. The number of carbonyl (C=O) groups excluding carboxylic acids is 1. The number of hydrogen-bond acceptors (Lipinski definition) is 6. The van der Waals surface area contributed by atoms with E-state index in [0.29, 0.717) is 22.5 Å². The normalized spacial score (nSPS) is 23.4. The van der Waals surface area contributed by atoms with Gasteiger partial charge in [0.15, 0.2) is 0 Å². The predicted molar refractivity (Wildman–Crippen MR) is 114 cm³/mol. The fourth-order valence-corrected chi connectivity index (χ4v) is 4.81. The largest absolute Gasteiger partial charge is 0.382 e. The summed E-state index contributed by atoms with van der Waals surface area (Å²) >= 11 is 0. The molecule has 3 aliphatic rings. The second kappa shape index (κ2) is 6.55. The van der Waals surface area contributed by atoms with Crippen LogP contribution in [0.5, 0.6) is 0 Å². The zero-order valence-electron chi connectivity index (χ0n) is 17.3. The second-order valence-electron chi connectivity index (χ2n) is 8.98. The molecular weight excluding hydrogens is 390 g/mol. The number of hydrogen-bond donors (Lipinski definition) is 2. The average Bonchev–Trinajstić information content (AvgIpc) is 3.12. The highest BCUT2D eigenvalue weighted by Gasteiger charge is 2.69. The highest BCUT2D eigenvalue weighted by atomic mass is 16.1. The lowest BCUT2D eigenvalue weighted by Gasteiger charge is -2.66. The van der Waals surface area contributed by atoms with Gasteiger partial charge in [0.2, 0.25) is 0 Å². The van der Waals surface area contributed by atoms with Crippen LogP contribution in [0.1, 0.15) is 49.0 Å². The summed E-state index contributed by atoms with van der Waals surface area (Å²) in [6.45, 7) is 4.02. The Labute approximate surface area is 179 Å². The van der Waals surface area contributed by atoms with Crippen LogP contribution in [-0.2, 0) is 0 Å². The number of nitrogens with one attached hydrogen (secondary N) is 2. The quantitative estimate of drug-likeness (QED) is 0.665. The Morgan fingerprint density at radius 3 is 2.65 bits per heavy atom. The number of carbonyl (C=O) groups is 1. The van der Waals surface area contributed by atoms with Gasteiger partial charge in [0.25, 0.3) is 5.91 Å². The molecule has 3 saturated carbocycles. The number of rotatable bonds is 5. The average molecular weight is 411 g/mol. The summed E-state index contributed by atoms with van der Waals surface area (Å²) in [6, 6.07) is 12.0. The minimum Gasteiger partial charge on any atom is -0.382 e. The van der Waals surface area contributed by atoms with Crippen molar-refractivity contribution in [2.75, 3.05) is 5.32 Å². The second-order valence-corrected chi connectivity index (χ2v) is 8.98. The van der Waals surface area contributed by atoms with Crippen molar-refractivity contribution in [3.63, 3.8) is 0 Å². The molecular formula is C23H21N7O. The zero-order chi connectivity index (χ0) is 21.8. The van der Waals surface area contributed by atoms with Gasteiger partial charge in [-0.15, -0.1) is 0 Å². The molecule has 31 heavy (non-hydrogen) atoms. The smallest absolute Gasteiger partial charge is 0.255 e. The van der Waals surface area contributed by atoms with Gasteiger partial charge in [0, 0.05) is 17.8 Å². The summed E-state index contributed by atoms with van der Waals surface area (Å²) < 4.78 is 1.73. The molecule has 0 aromatic carbocycles. The summed E-state index contributed by atoms with van der Waals surface area (Å²) in [4.78, 5) is 17.6. The Morgan fingerprint density at radius 2 is 1.97 bits per heavy atom. The van der Waals surface area contributed by atoms with Crippen molar-refractivity contribution in [3.05, 3.63) is 47.8 Å². The first-order chi connectivity index (χ1) is 14.9. The fourth-order valence-electron chi connectivity index (χ4n) is 4.81. The Kier molecular flexibility index (Phi) is 4.03. The third kappa shape index (κ3) is 3.00. The molecule has 0 aliphatic heterocycles. The van der Waals surface area contributed by atoms with Crippen LogP contribution in [0.25, 0.3) is 16.9 Å². The number of amides is 1. The van der Waals surface area contributed by atoms with Crippen molar-refractivity contribution >= 4 is 17.1 Å². The minimum absolute atomic E-state index is 0.124. The molecule has 3 fully saturated rings. The van der Waals surface area contributed by atoms with Gasteiger partial charge in [0.1, 0.15) is 6.07 Å². The van der Waals surface area contributed by atoms with E-state index in [1.54, 1.807) is 16.8 Å². The van der Waals surface area contributed by atoms with Crippen molar-refractivity contribution in [1.29, 1.82) is 10.5 Å². The number of nitriles is 2. The molecule has 2 N–H and O–H groups in total. The molecule has 0 unspecified atom stereocenters. The molecule has 3 heterocycles.